The molecule has 124 valence electrons. The molecule has 0 aliphatic carbocycles. The van der Waals surface area contributed by atoms with Crippen LogP contribution in [0.3, 0.4) is 0 Å². The molecule has 1 amide bonds. The number of carbonyl (C=O) groups is 1. The molecule has 0 aliphatic rings. The Balaban J connectivity index is 1.62. The van der Waals surface area contributed by atoms with Gasteiger partial charge in [0.05, 0.1) is 16.3 Å². The van der Waals surface area contributed by atoms with Gasteiger partial charge < -0.3 is 10.1 Å². The van der Waals surface area contributed by atoms with Crippen molar-refractivity contribution in [1.82, 2.24) is 9.78 Å². The highest BCUT2D eigenvalue weighted by Gasteiger charge is 2.13. The summed E-state index contributed by atoms with van der Waals surface area (Å²) in [4.78, 5) is 13.0. The summed E-state index contributed by atoms with van der Waals surface area (Å²) in [6, 6.07) is 11.5. The van der Waals surface area contributed by atoms with Gasteiger partial charge in [-0.05, 0) is 37.4 Å². The van der Waals surface area contributed by atoms with Crippen LogP contribution >= 0.6 is 11.3 Å². The number of nitrogens with one attached hydrogen (secondary N) is 1. The molecule has 0 unspecified atom stereocenters. The average molecular weight is 341 g/mol. The molecule has 0 fully saturated rings. The normalized spacial score (nSPS) is 10.6. The summed E-state index contributed by atoms with van der Waals surface area (Å²) in [5.74, 6) is 0.696. The summed E-state index contributed by atoms with van der Waals surface area (Å²) in [5, 5.41) is 9.19. The second-order valence-electron chi connectivity index (χ2n) is 5.36. The van der Waals surface area contributed by atoms with E-state index in [0.29, 0.717) is 11.5 Å². The van der Waals surface area contributed by atoms with Crippen LogP contribution < -0.4 is 10.1 Å². The fourth-order valence-corrected chi connectivity index (χ4v) is 3.03. The van der Waals surface area contributed by atoms with Crippen LogP contribution in [0.1, 0.15) is 27.9 Å². The number of hydrogen-bond acceptors (Lipinski definition) is 4. The van der Waals surface area contributed by atoms with Crippen LogP contribution in [0.15, 0.2) is 48.0 Å². The molecule has 2 aromatic heterocycles. The Labute approximate surface area is 144 Å². The van der Waals surface area contributed by atoms with Crippen molar-refractivity contribution < 1.29 is 9.53 Å². The first-order valence-corrected chi connectivity index (χ1v) is 8.64. The zero-order chi connectivity index (χ0) is 16.9. The first-order valence-electron chi connectivity index (χ1n) is 7.76. The minimum absolute atomic E-state index is 0.121. The van der Waals surface area contributed by atoms with E-state index in [1.54, 1.807) is 4.68 Å². The first kappa shape index (κ1) is 16.3. The predicted octanol–water partition coefficient (Wildman–Crippen LogP) is 4.10. The molecular weight excluding hydrogens is 322 g/mol. The summed E-state index contributed by atoms with van der Waals surface area (Å²) >= 11 is 1.41. The van der Waals surface area contributed by atoms with E-state index in [4.69, 9.17) is 4.74 Å². The van der Waals surface area contributed by atoms with Crippen LogP contribution in [0.4, 0.5) is 5.69 Å². The number of thiophene rings is 1. The van der Waals surface area contributed by atoms with Crippen molar-refractivity contribution in [2.45, 2.75) is 27.0 Å². The van der Waals surface area contributed by atoms with E-state index in [9.17, 15) is 4.79 Å². The number of benzene rings is 1. The summed E-state index contributed by atoms with van der Waals surface area (Å²) in [5.41, 5.74) is 2.54. The van der Waals surface area contributed by atoms with E-state index in [1.165, 1.54) is 11.3 Å². The molecule has 24 heavy (non-hydrogen) atoms. The van der Waals surface area contributed by atoms with Crippen LogP contribution in [-0.2, 0) is 13.2 Å². The number of amides is 1. The van der Waals surface area contributed by atoms with Crippen molar-refractivity contribution in [3.8, 4) is 5.75 Å². The highest BCUT2D eigenvalue weighted by Crippen LogP contribution is 2.20. The molecule has 1 aromatic carbocycles. The van der Waals surface area contributed by atoms with Crippen LogP contribution in [0.5, 0.6) is 5.75 Å². The summed E-state index contributed by atoms with van der Waals surface area (Å²) in [6.45, 7) is 5.11. The van der Waals surface area contributed by atoms with Gasteiger partial charge in [0.15, 0.2) is 0 Å². The first-order chi connectivity index (χ1) is 11.7. The Hall–Kier alpha value is -2.60. The van der Waals surface area contributed by atoms with E-state index in [2.05, 4.69) is 10.4 Å². The lowest BCUT2D eigenvalue weighted by Crippen LogP contribution is -2.10. The number of nitrogens with zero attached hydrogens (tertiary/aromatic N) is 2. The Kier molecular flexibility index (Phi) is 4.96. The van der Waals surface area contributed by atoms with Crippen molar-refractivity contribution in [2.24, 2.45) is 0 Å². The smallest absolute Gasteiger partial charge is 0.265 e. The molecule has 0 saturated carbocycles. The molecule has 3 rings (SSSR count). The molecule has 1 N–H and O–H groups in total. The van der Waals surface area contributed by atoms with Crippen molar-refractivity contribution in [1.29, 1.82) is 0 Å². The maximum absolute atomic E-state index is 12.4. The SMILES string of the molecule is CCn1cc(NC(=O)c2cc(COc3ccccc3)cs2)c(C)n1. The number of rotatable bonds is 6. The number of para-hydroxylation sites is 1. The second-order valence-corrected chi connectivity index (χ2v) is 6.27. The van der Waals surface area contributed by atoms with E-state index in [-0.39, 0.29) is 5.91 Å². The Morgan fingerprint density at radius 1 is 1.33 bits per heavy atom. The van der Waals surface area contributed by atoms with E-state index >= 15 is 0 Å². The molecule has 0 spiro atoms. The molecule has 2 heterocycles. The topological polar surface area (TPSA) is 56.2 Å². The molecule has 3 aromatic rings. The average Bonchev–Trinajstić information content (AvgIpc) is 3.21. The van der Waals surface area contributed by atoms with Gasteiger partial charge in [0, 0.05) is 18.3 Å². The Morgan fingerprint density at radius 3 is 2.83 bits per heavy atom. The van der Waals surface area contributed by atoms with Gasteiger partial charge in [-0.1, -0.05) is 18.2 Å². The largest absolute Gasteiger partial charge is 0.489 e. The minimum Gasteiger partial charge on any atom is -0.489 e. The standard InChI is InChI=1S/C18H19N3O2S/c1-3-21-10-16(13(2)20-21)19-18(22)17-9-14(12-24-17)11-23-15-7-5-4-6-8-15/h4-10,12H,3,11H2,1-2H3,(H,19,22). The molecule has 0 radical (unpaired) electrons. The predicted molar refractivity (Wildman–Crippen MR) is 95.7 cm³/mol. The molecule has 0 saturated heterocycles. The van der Waals surface area contributed by atoms with E-state index in [1.807, 2.05) is 61.8 Å². The molecule has 0 bridgehead atoms. The number of anilines is 1. The number of ether oxygens (including phenoxy) is 1. The van der Waals surface area contributed by atoms with Crippen LogP contribution in [0, 0.1) is 6.92 Å². The van der Waals surface area contributed by atoms with Crippen LogP contribution in [-0.4, -0.2) is 15.7 Å². The highest BCUT2D eigenvalue weighted by molar-refractivity contribution is 7.12. The van der Waals surface area contributed by atoms with Gasteiger partial charge in [-0.25, -0.2) is 0 Å². The third-order valence-electron chi connectivity index (χ3n) is 3.54. The van der Waals surface area contributed by atoms with Gasteiger partial charge in [0.1, 0.15) is 12.4 Å². The maximum atomic E-state index is 12.4. The van der Waals surface area contributed by atoms with Crippen molar-refractivity contribution in [2.75, 3.05) is 5.32 Å². The van der Waals surface area contributed by atoms with Gasteiger partial charge in [-0.2, -0.15) is 5.10 Å². The lowest BCUT2D eigenvalue weighted by atomic mass is 10.3. The molecule has 5 nitrogen and oxygen atoms in total. The fraction of sp³-hybridized carbons (Fsp3) is 0.222. The number of aromatic nitrogens is 2. The van der Waals surface area contributed by atoms with Crippen molar-refractivity contribution >= 4 is 22.9 Å². The van der Waals surface area contributed by atoms with Crippen LogP contribution in [0.25, 0.3) is 0 Å². The Bertz CT molecular complexity index is 824. The number of carbonyl (C=O) groups excluding carboxylic acids is 1. The van der Waals surface area contributed by atoms with Gasteiger partial charge in [-0.15, -0.1) is 11.3 Å². The lowest BCUT2D eigenvalue weighted by Gasteiger charge is -2.03. The zero-order valence-electron chi connectivity index (χ0n) is 13.7. The fourth-order valence-electron chi connectivity index (χ4n) is 2.24. The number of hydrogen-bond donors (Lipinski definition) is 1. The quantitative estimate of drug-likeness (QED) is 0.734. The third-order valence-corrected chi connectivity index (χ3v) is 4.52. The monoisotopic (exact) mass is 341 g/mol. The summed E-state index contributed by atoms with van der Waals surface area (Å²) in [6.07, 6.45) is 1.85. The summed E-state index contributed by atoms with van der Waals surface area (Å²) < 4.78 is 7.51. The third kappa shape index (κ3) is 3.83. The van der Waals surface area contributed by atoms with Crippen molar-refractivity contribution in [3.63, 3.8) is 0 Å². The van der Waals surface area contributed by atoms with Gasteiger partial charge in [-0.3, -0.25) is 9.48 Å². The molecular formula is C18H19N3O2S. The van der Waals surface area contributed by atoms with Gasteiger partial charge in [0.25, 0.3) is 5.91 Å². The molecule has 0 aliphatic heterocycles. The zero-order valence-corrected chi connectivity index (χ0v) is 14.5. The van der Waals surface area contributed by atoms with Gasteiger partial charge in [0.2, 0.25) is 0 Å². The molecule has 0 atom stereocenters. The second kappa shape index (κ2) is 7.31. The van der Waals surface area contributed by atoms with Gasteiger partial charge >= 0.3 is 0 Å². The van der Waals surface area contributed by atoms with E-state index < -0.39 is 0 Å². The lowest BCUT2D eigenvalue weighted by molar-refractivity contribution is 0.103. The van der Waals surface area contributed by atoms with Crippen molar-refractivity contribution in [3.05, 3.63) is 64.1 Å². The number of aryl methyl sites for hydroxylation is 2. The highest BCUT2D eigenvalue weighted by atomic mass is 32.1. The minimum atomic E-state index is -0.121. The maximum Gasteiger partial charge on any atom is 0.265 e. The van der Waals surface area contributed by atoms with Crippen LogP contribution in [0.2, 0.25) is 0 Å². The van der Waals surface area contributed by atoms with E-state index in [0.717, 1.165) is 29.2 Å². The summed E-state index contributed by atoms with van der Waals surface area (Å²) in [7, 11) is 0. The molecule has 6 heteroatoms. The Morgan fingerprint density at radius 2 is 2.12 bits per heavy atom.